The maximum Gasteiger partial charge on any atom is 0.255 e. The number of benzene rings is 1. The van der Waals surface area contributed by atoms with Crippen molar-refractivity contribution in [1.82, 2.24) is 10.3 Å². The van der Waals surface area contributed by atoms with Crippen LogP contribution in [0.25, 0.3) is 10.8 Å². The van der Waals surface area contributed by atoms with E-state index in [1.807, 2.05) is 25.1 Å². The molecule has 6 nitrogen and oxygen atoms in total. The fraction of sp³-hybridized carbons (Fsp3) is 0.400. The van der Waals surface area contributed by atoms with Crippen LogP contribution < -0.4 is 16.0 Å². The minimum atomic E-state index is -3.49. The average molecular weight is 323 g/mol. The minimum Gasteiger partial charge on any atom is -0.328 e. The number of hydrogen-bond acceptors (Lipinski definition) is 4. The van der Waals surface area contributed by atoms with Gasteiger partial charge < -0.3 is 10.3 Å². The third-order valence-electron chi connectivity index (χ3n) is 3.87. The largest absolute Gasteiger partial charge is 0.328 e. The number of sulfonamides is 1. The molecule has 0 aliphatic heterocycles. The first-order valence-electron chi connectivity index (χ1n) is 7.16. The molecule has 0 aliphatic carbocycles. The Labute approximate surface area is 129 Å². The molecule has 4 N–H and O–H groups in total. The van der Waals surface area contributed by atoms with E-state index >= 15 is 0 Å². The summed E-state index contributed by atoms with van der Waals surface area (Å²) < 4.78 is 22.4. The first kappa shape index (κ1) is 16.7. The second kappa shape index (κ2) is 6.60. The zero-order chi connectivity index (χ0) is 16.3. The summed E-state index contributed by atoms with van der Waals surface area (Å²) in [6.07, 6.45) is 2.13. The van der Waals surface area contributed by atoms with E-state index in [2.05, 4.69) is 10.3 Å². The van der Waals surface area contributed by atoms with Crippen LogP contribution in [-0.4, -0.2) is 25.2 Å². The zero-order valence-electron chi connectivity index (χ0n) is 12.7. The maximum absolute atomic E-state index is 11.8. The Morgan fingerprint density at radius 2 is 1.86 bits per heavy atom. The molecule has 0 saturated heterocycles. The van der Waals surface area contributed by atoms with Crippen LogP contribution in [0.2, 0.25) is 0 Å². The van der Waals surface area contributed by atoms with Gasteiger partial charge in [-0.3, -0.25) is 4.79 Å². The van der Waals surface area contributed by atoms with Gasteiger partial charge in [0.15, 0.2) is 0 Å². The van der Waals surface area contributed by atoms with Crippen molar-refractivity contribution in [1.29, 1.82) is 0 Å². The molecule has 0 saturated carbocycles. The summed E-state index contributed by atoms with van der Waals surface area (Å²) in [5.74, 6) is 0. The Kier molecular flexibility index (Phi) is 5.00. The van der Waals surface area contributed by atoms with Crippen LogP contribution >= 0.6 is 0 Å². The number of aromatic amines is 1. The average Bonchev–Trinajstić information content (AvgIpc) is 2.46. The van der Waals surface area contributed by atoms with Gasteiger partial charge in [0.1, 0.15) is 0 Å². The summed E-state index contributed by atoms with van der Waals surface area (Å²) >= 11 is 0. The van der Waals surface area contributed by atoms with Gasteiger partial charge in [0.2, 0.25) is 10.0 Å². The molecule has 1 heterocycles. The highest BCUT2D eigenvalue weighted by Crippen LogP contribution is 2.20. The molecule has 0 bridgehead atoms. The molecule has 120 valence electrons. The van der Waals surface area contributed by atoms with E-state index in [0.717, 1.165) is 10.9 Å². The van der Waals surface area contributed by atoms with Crippen molar-refractivity contribution < 1.29 is 8.42 Å². The Bertz CT molecular complexity index is 814. The number of rotatable bonds is 6. The summed E-state index contributed by atoms with van der Waals surface area (Å²) in [5, 5.41) is 9.33. The van der Waals surface area contributed by atoms with Crippen molar-refractivity contribution in [3.8, 4) is 0 Å². The van der Waals surface area contributed by atoms with E-state index in [0.29, 0.717) is 18.4 Å². The molecule has 0 radical (unpaired) electrons. The standard InChI is InChI=1S/C15H21N3O3S/c1-10(22(16,20)21)7-8-17-11(2)14-9-18-15(19)13-6-4-3-5-12(13)14/h3-6,9-11,17H,7-8H2,1-2H3,(H,18,19)(H2,16,20,21). The maximum atomic E-state index is 11.8. The molecule has 0 fully saturated rings. The highest BCUT2D eigenvalue weighted by molar-refractivity contribution is 7.89. The van der Waals surface area contributed by atoms with Crippen molar-refractivity contribution >= 4 is 20.8 Å². The van der Waals surface area contributed by atoms with Crippen LogP contribution in [0.15, 0.2) is 35.3 Å². The molecule has 0 spiro atoms. The van der Waals surface area contributed by atoms with E-state index in [1.54, 1.807) is 19.2 Å². The lowest BCUT2D eigenvalue weighted by molar-refractivity contribution is 0.539. The number of nitrogens with one attached hydrogen (secondary N) is 2. The smallest absolute Gasteiger partial charge is 0.255 e. The number of hydrogen-bond donors (Lipinski definition) is 3. The molecule has 7 heteroatoms. The second-order valence-corrected chi connectivity index (χ2v) is 7.47. The van der Waals surface area contributed by atoms with Crippen LogP contribution in [0.4, 0.5) is 0 Å². The highest BCUT2D eigenvalue weighted by atomic mass is 32.2. The first-order valence-corrected chi connectivity index (χ1v) is 8.77. The van der Waals surface area contributed by atoms with Gasteiger partial charge in [0.25, 0.3) is 5.56 Å². The molecule has 2 rings (SSSR count). The van der Waals surface area contributed by atoms with Gasteiger partial charge in [-0.25, -0.2) is 13.6 Å². The molecular weight excluding hydrogens is 302 g/mol. The minimum absolute atomic E-state index is 0.0190. The Morgan fingerprint density at radius 1 is 1.23 bits per heavy atom. The number of H-pyrrole nitrogens is 1. The third-order valence-corrected chi connectivity index (χ3v) is 5.23. The first-order chi connectivity index (χ1) is 10.3. The molecule has 1 aromatic heterocycles. The van der Waals surface area contributed by atoms with E-state index in [1.165, 1.54) is 0 Å². The molecular formula is C15H21N3O3S. The quantitative estimate of drug-likeness (QED) is 0.744. The number of primary sulfonamides is 1. The lowest BCUT2D eigenvalue weighted by atomic mass is 10.0. The van der Waals surface area contributed by atoms with Crippen molar-refractivity contribution in [3.63, 3.8) is 0 Å². The molecule has 0 amide bonds. The van der Waals surface area contributed by atoms with Gasteiger partial charge in [-0.15, -0.1) is 0 Å². The predicted molar refractivity (Wildman–Crippen MR) is 88.2 cm³/mol. The van der Waals surface area contributed by atoms with Gasteiger partial charge in [-0.05, 0) is 43.8 Å². The number of fused-ring (bicyclic) bond motifs is 1. The predicted octanol–water partition coefficient (Wildman–Crippen LogP) is 1.25. The van der Waals surface area contributed by atoms with E-state index in [4.69, 9.17) is 5.14 Å². The lowest BCUT2D eigenvalue weighted by Crippen LogP contribution is -2.30. The molecule has 2 aromatic rings. The molecule has 22 heavy (non-hydrogen) atoms. The van der Waals surface area contributed by atoms with E-state index in [-0.39, 0.29) is 11.6 Å². The monoisotopic (exact) mass is 323 g/mol. The number of pyridine rings is 1. The highest BCUT2D eigenvalue weighted by Gasteiger charge is 2.16. The number of aromatic nitrogens is 1. The van der Waals surface area contributed by atoms with Gasteiger partial charge in [-0.2, -0.15) is 0 Å². The Balaban J connectivity index is 2.13. The van der Waals surface area contributed by atoms with E-state index in [9.17, 15) is 13.2 Å². The fourth-order valence-electron chi connectivity index (χ4n) is 2.37. The van der Waals surface area contributed by atoms with Crippen molar-refractivity contribution in [3.05, 3.63) is 46.4 Å². The van der Waals surface area contributed by atoms with E-state index < -0.39 is 15.3 Å². The molecule has 2 unspecified atom stereocenters. The summed E-state index contributed by atoms with van der Waals surface area (Å²) in [4.78, 5) is 14.5. The summed E-state index contributed by atoms with van der Waals surface area (Å²) in [5.41, 5.74) is 0.854. The van der Waals surface area contributed by atoms with Crippen LogP contribution in [-0.2, 0) is 10.0 Å². The normalized spacial score (nSPS) is 14.9. The van der Waals surface area contributed by atoms with Crippen molar-refractivity contribution in [2.75, 3.05) is 6.54 Å². The van der Waals surface area contributed by atoms with Crippen LogP contribution in [0, 0.1) is 0 Å². The SMILES string of the molecule is CC(NCCC(C)S(N)(=O)=O)c1c[nH]c(=O)c2ccccc12. The summed E-state index contributed by atoms with van der Waals surface area (Å²) in [7, 11) is -3.49. The summed E-state index contributed by atoms with van der Waals surface area (Å²) in [6.45, 7) is 4.09. The molecule has 0 aliphatic rings. The Hall–Kier alpha value is -1.70. The van der Waals surface area contributed by atoms with Gasteiger partial charge in [0, 0.05) is 17.6 Å². The number of nitrogens with two attached hydrogens (primary N) is 1. The van der Waals surface area contributed by atoms with Crippen LogP contribution in [0.1, 0.15) is 31.9 Å². The van der Waals surface area contributed by atoms with Gasteiger partial charge in [0.05, 0.1) is 5.25 Å². The molecule has 1 aromatic carbocycles. The topological polar surface area (TPSA) is 105 Å². The Morgan fingerprint density at radius 3 is 2.50 bits per heavy atom. The second-order valence-electron chi connectivity index (χ2n) is 5.48. The van der Waals surface area contributed by atoms with Crippen molar-refractivity contribution in [2.24, 2.45) is 5.14 Å². The third kappa shape index (κ3) is 3.73. The van der Waals surface area contributed by atoms with Crippen molar-refractivity contribution in [2.45, 2.75) is 31.6 Å². The van der Waals surface area contributed by atoms with Gasteiger partial charge in [-0.1, -0.05) is 18.2 Å². The zero-order valence-corrected chi connectivity index (χ0v) is 13.5. The molecule has 2 atom stereocenters. The summed E-state index contributed by atoms with van der Waals surface area (Å²) in [6, 6.07) is 7.39. The van der Waals surface area contributed by atoms with Gasteiger partial charge >= 0.3 is 0 Å². The van der Waals surface area contributed by atoms with Crippen LogP contribution in [0.5, 0.6) is 0 Å². The van der Waals surface area contributed by atoms with Crippen LogP contribution in [0.3, 0.4) is 0 Å². The fourth-order valence-corrected chi connectivity index (χ4v) is 2.81. The lowest BCUT2D eigenvalue weighted by Gasteiger charge is -2.17.